The van der Waals surface area contributed by atoms with Gasteiger partial charge in [-0.2, -0.15) is 13.2 Å². The van der Waals surface area contributed by atoms with Crippen molar-refractivity contribution >= 4 is 44.5 Å². The van der Waals surface area contributed by atoms with Crippen LogP contribution in [0.25, 0.3) is 38.2 Å². The number of hydrogen-bond acceptors (Lipinski definition) is 2. The topological polar surface area (TPSA) is 66.6 Å². The molecule has 5 aromatic rings. The molecule has 7 heteroatoms. The normalized spacial score (nSPS) is 16.3. The van der Waals surface area contributed by atoms with Crippen LogP contribution < -0.4 is 10.6 Å². The first kappa shape index (κ1) is 27.0. The van der Waals surface area contributed by atoms with E-state index in [9.17, 15) is 23.1 Å². The summed E-state index contributed by atoms with van der Waals surface area (Å²) in [6.07, 6.45) is 1.03. The van der Waals surface area contributed by atoms with E-state index in [-0.39, 0.29) is 11.4 Å². The van der Waals surface area contributed by atoms with Crippen molar-refractivity contribution in [3.8, 4) is 11.1 Å². The number of primary amides is 1. The quantitative estimate of drug-likeness (QED) is 0.225. The van der Waals surface area contributed by atoms with E-state index in [2.05, 4.69) is 18.2 Å². The number of fused-ring (bicyclic) bond motifs is 5. The Bertz CT molecular complexity index is 2010. The fourth-order valence-corrected chi connectivity index (χ4v) is 6.72. The third-order valence-corrected chi connectivity index (χ3v) is 8.58. The van der Waals surface area contributed by atoms with E-state index in [4.69, 9.17) is 5.73 Å². The number of anilines is 2. The van der Waals surface area contributed by atoms with E-state index in [1.807, 2.05) is 48.5 Å². The molecule has 2 aliphatic rings. The Hall–Kier alpha value is -4.88. The standard InChI is InChI=1S/C36H27F3N2O2/c37-36(38,39)31-12-3-4-13-32(31)41(35(40)43)34-22-8-2-1-7-21(22)15-16-30(34)25-10-5-9-23-26(25)17-18-28-24-11-6-14-33(42)29(24)20-19-27(23)28/h1-13,15-18,33,42H,14,19-20H2,(H2,40,43). The van der Waals surface area contributed by atoms with Gasteiger partial charge in [0.25, 0.3) is 0 Å². The third-order valence-electron chi connectivity index (χ3n) is 8.58. The SMILES string of the molecule is NC(=O)N(c1ccccc1C(F)(F)F)c1c(-c2cccc3c4c(ccc23)C2=C(CC4)C(O)CC=C2)ccc2ccccc12. The Balaban J connectivity index is 1.51. The number of urea groups is 1. The Morgan fingerprint density at radius 2 is 1.53 bits per heavy atom. The van der Waals surface area contributed by atoms with Crippen LogP contribution in [0.4, 0.5) is 29.3 Å². The molecule has 0 spiro atoms. The molecule has 0 heterocycles. The molecule has 2 aliphatic carbocycles. The van der Waals surface area contributed by atoms with Crippen LogP contribution in [-0.2, 0) is 12.6 Å². The molecule has 0 saturated heterocycles. The number of carbonyl (C=O) groups excluding carboxylic acids is 1. The van der Waals surface area contributed by atoms with E-state index < -0.39 is 23.9 Å². The van der Waals surface area contributed by atoms with E-state index in [0.29, 0.717) is 17.4 Å². The zero-order chi connectivity index (χ0) is 29.9. The average molecular weight is 577 g/mol. The summed E-state index contributed by atoms with van der Waals surface area (Å²) in [7, 11) is 0. The average Bonchev–Trinajstić information content (AvgIpc) is 3.00. The van der Waals surface area contributed by atoms with E-state index in [0.717, 1.165) is 67.8 Å². The van der Waals surface area contributed by atoms with Gasteiger partial charge in [-0.3, -0.25) is 4.90 Å². The first-order valence-corrected chi connectivity index (χ1v) is 14.1. The second-order valence-corrected chi connectivity index (χ2v) is 11.0. The number of hydrogen-bond donors (Lipinski definition) is 2. The Kier molecular flexibility index (Phi) is 6.36. The van der Waals surface area contributed by atoms with Gasteiger partial charge in [-0.05, 0) is 75.4 Å². The first-order valence-electron chi connectivity index (χ1n) is 14.1. The molecule has 43 heavy (non-hydrogen) atoms. The predicted octanol–water partition coefficient (Wildman–Crippen LogP) is 8.92. The van der Waals surface area contributed by atoms with Gasteiger partial charge in [0.15, 0.2) is 0 Å². The minimum absolute atomic E-state index is 0.288. The molecule has 1 atom stereocenters. The summed E-state index contributed by atoms with van der Waals surface area (Å²) in [6.45, 7) is 0. The zero-order valence-corrected chi connectivity index (χ0v) is 23.0. The van der Waals surface area contributed by atoms with Crippen molar-refractivity contribution in [2.24, 2.45) is 5.73 Å². The fourth-order valence-electron chi connectivity index (χ4n) is 6.72. The number of nitrogens with zero attached hydrogens (tertiary/aromatic N) is 1. The number of alkyl halides is 3. The first-order chi connectivity index (χ1) is 20.7. The molecule has 3 N–H and O–H groups in total. The molecule has 0 aliphatic heterocycles. The van der Waals surface area contributed by atoms with E-state index in [1.165, 1.54) is 18.2 Å². The summed E-state index contributed by atoms with van der Waals surface area (Å²) in [5.74, 6) is 0. The number of aliphatic hydroxyl groups is 1. The van der Waals surface area contributed by atoms with E-state index >= 15 is 0 Å². The minimum Gasteiger partial charge on any atom is -0.388 e. The molecule has 0 bridgehead atoms. The van der Waals surface area contributed by atoms with Crippen molar-refractivity contribution in [2.45, 2.75) is 31.5 Å². The highest BCUT2D eigenvalue weighted by Crippen LogP contribution is 2.47. The molecule has 4 nitrogen and oxygen atoms in total. The lowest BCUT2D eigenvalue weighted by molar-refractivity contribution is -0.137. The second-order valence-electron chi connectivity index (χ2n) is 11.0. The number of rotatable bonds is 3. The highest BCUT2D eigenvalue weighted by molar-refractivity contribution is 6.15. The number of para-hydroxylation sites is 1. The fraction of sp³-hybridized carbons (Fsp3) is 0.139. The number of amides is 2. The predicted molar refractivity (Wildman–Crippen MR) is 165 cm³/mol. The molecule has 0 saturated carbocycles. The van der Waals surface area contributed by atoms with Gasteiger partial charge in [-0.25, -0.2) is 4.79 Å². The summed E-state index contributed by atoms with van der Waals surface area (Å²) in [5.41, 5.74) is 10.6. The molecule has 0 aromatic heterocycles. The van der Waals surface area contributed by atoms with Gasteiger partial charge in [0.1, 0.15) is 0 Å². The number of aliphatic hydroxyl groups excluding tert-OH is 1. The largest absolute Gasteiger partial charge is 0.418 e. The molecule has 0 fully saturated rings. The van der Waals surface area contributed by atoms with Gasteiger partial charge < -0.3 is 10.8 Å². The van der Waals surface area contributed by atoms with Crippen LogP contribution in [0.5, 0.6) is 0 Å². The highest BCUT2D eigenvalue weighted by atomic mass is 19.4. The molecule has 0 radical (unpaired) electrons. The van der Waals surface area contributed by atoms with Crippen LogP contribution in [0.3, 0.4) is 0 Å². The lowest BCUT2D eigenvalue weighted by Crippen LogP contribution is -2.33. The van der Waals surface area contributed by atoms with Crippen molar-refractivity contribution < 1.29 is 23.1 Å². The van der Waals surface area contributed by atoms with Gasteiger partial charge in [-0.1, -0.05) is 91.0 Å². The van der Waals surface area contributed by atoms with E-state index in [1.54, 1.807) is 12.1 Å². The van der Waals surface area contributed by atoms with Gasteiger partial charge in [-0.15, -0.1) is 0 Å². The number of aryl methyl sites for hydroxylation is 1. The summed E-state index contributed by atoms with van der Waals surface area (Å²) in [6, 6.07) is 25.0. The maximum Gasteiger partial charge on any atom is 0.418 e. The van der Waals surface area contributed by atoms with Gasteiger partial charge in [0.05, 0.1) is 23.0 Å². The van der Waals surface area contributed by atoms with Crippen LogP contribution in [0.15, 0.2) is 109 Å². The number of nitrogens with two attached hydrogens (primary N) is 1. The number of benzene rings is 5. The van der Waals surface area contributed by atoms with Gasteiger partial charge in [0.2, 0.25) is 0 Å². The molecular weight excluding hydrogens is 549 g/mol. The van der Waals surface area contributed by atoms with Crippen LogP contribution >= 0.6 is 0 Å². The smallest absolute Gasteiger partial charge is 0.388 e. The Morgan fingerprint density at radius 1 is 0.791 bits per heavy atom. The Labute approximate surface area is 246 Å². The molecule has 214 valence electrons. The van der Waals surface area contributed by atoms with Crippen LogP contribution in [-0.4, -0.2) is 17.2 Å². The van der Waals surface area contributed by atoms with Crippen LogP contribution in [0.2, 0.25) is 0 Å². The lowest BCUT2D eigenvalue weighted by atomic mass is 9.78. The number of allylic oxidation sites excluding steroid dienone is 2. The minimum atomic E-state index is -4.71. The highest BCUT2D eigenvalue weighted by Gasteiger charge is 2.37. The van der Waals surface area contributed by atoms with Crippen molar-refractivity contribution in [1.29, 1.82) is 0 Å². The summed E-state index contributed by atoms with van der Waals surface area (Å²) >= 11 is 0. The Morgan fingerprint density at radius 3 is 2.35 bits per heavy atom. The maximum atomic E-state index is 14.2. The molecule has 5 aromatic carbocycles. The molecule has 2 amide bonds. The maximum absolute atomic E-state index is 14.2. The monoisotopic (exact) mass is 576 g/mol. The van der Waals surface area contributed by atoms with Crippen LogP contribution in [0.1, 0.15) is 29.5 Å². The van der Waals surface area contributed by atoms with Crippen LogP contribution in [0, 0.1) is 0 Å². The number of halogens is 3. The van der Waals surface area contributed by atoms with Gasteiger partial charge >= 0.3 is 12.2 Å². The lowest BCUT2D eigenvalue weighted by Gasteiger charge is -2.29. The number of carbonyl (C=O) groups is 1. The zero-order valence-electron chi connectivity index (χ0n) is 23.0. The third kappa shape index (κ3) is 4.39. The van der Waals surface area contributed by atoms with Crippen molar-refractivity contribution in [2.75, 3.05) is 4.90 Å². The molecule has 7 rings (SSSR count). The molecule has 1 unspecified atom stereocenters. The molecular formula is C36H27F3N2O2. The van der Waals surface area contributed by atoms with Crippen molar-refractivity contribution in [1.82, 2.24) is 0 Å². The van der Waals surface area contributed by atoms with Crippen molar-refractivity contribution in [3.63, 3.8) is 0 Å². The summed E-state index contributed by atoms with van der Waals surface area (Å²) < 4.78 is 42.7. The van der Waals surface area contributed by atoms with Gasteiger partial charge in [0, 0.05) is 10.9 Å². The summed E-state index contributed by atoms with van der Waals surface area (Å²) in [4.78, 5) is 14.2. The van der Waals surface area contributed by atoms with Crippen molar-refractivity contribution in [3.05, 3.63) is 125 Å². The second kappa shape index (κ2) is 10.1. The summed E-state index contributed by atoms with van der Waals surface area (Å²) in [5, 5.41) is 13.9.